The quantitative estimate of drug-likeness (QED) is 0.794. The summed E-state index contributed by atoms with van der Waals surface area (Å²) in [7, 11) is 1.53. The lowest BCUT2D eigenvalue weighted by atomic mass is 9.92. The first-order valence-corrected chi connectivity index (χ1v) is 7.38. The van der Waals surface area contributed by atoms with Crippen molar-refractivity contribution in [3.05, 3.63) is 22.2 Å². The van der Waals surface area contributed by atoms with Gasteiger partial charge in [-0.05, 0) is 30.5 Å². The summed E-state index contributed by atoms with van der Waals surface area (Å²) in [6.07, 6.45) is 3.89. The number of benzene rings is 1. The molecule has 0 saturated heterocycles. The first-order chi connectivity index (χ1) is 9.11. The van der Waals surface area contributed by atoms with E-state index in [1.165, 1.54) is 7.11 Å². The topological polar surface area (TPSA) is 61.7 Å². The second kappa shape index (κ2) is 6.59. The maximum absolute atomic E-state index is 9.92. The fourth-order valence-corrected chi connectivity index (χ4v) is 2.95. The molecule has 1 saturated carbocycles. The highest BCUT2D eigenvalue weighted by molar-refractivity contribution is 9.10. The van der Waals surface area contributed by atoms with Gasteiger partial charge in [-0.2, -0.15) is 0 Å². The summed E-state index contributed by atoms with van der Waals surface area (Å²) >= 11 is 3.43. The number of aliphatic hydroxyl groups excluding tert-OH is 1. The van der Waals surface area contributed by atoms with E-state index >= 15 is 0 Å². The molecule has 1 fully saturated rings. The van der Waals surface area contributed by atoms with Crippen molar-refractivity contribution in [2.75, 3.05) is 7.11 Å². The van der Waals surface area contributed by atoms with Crippen molar-refractivity contribution in [3.63, 3.8) is 0 Å². The predicted molar refractivity (Wildman–Crippen MR) is 77.5 cm³/mol. The average molecular weight is 330 g/mol. The van der Waals surface area contributed by atoms with E-state index in [0.717, 1.165) is 35.7 Å². The molecule has 2 rings (SSSR count). The number of nitrogens with one attached hydrogen (secondary N) is 1. The molecule has 1 aliphatic rings. The summed E-state index contributed by atoms with van der Waals surface area (Å²) < 4.78 is 5.94. The Hall–Kier alpha value is -0.780. The van der Waals surface area contributed by atoms with E-state index in [0.29, 0.717) is 12.3 Å². The first kappa shape index (κ1) is 14.6. The number of halogens is 1. The van der Waals surface area contributed by atoms with Crippen LogP contribution in [0.25, 0.3) is 0 Å². The molecule has 0 heterocycles. The van der Waals surface area contributed by atoms with Gasteiger partial charge in [0.1, 0.15) is 0 Å². The number of ether oxygens (including phenoxy) is 1. The number of aliphatic hydroxyl groups is 1. The second-order valence-corrected chi connectivity index (χ2v) is 5.81. The molecule has 106 valence electrons. The van der Waals surface area contributed by atoms with Gasteiger partial charge in [0.05, 0.1) is 13.2 Å². The Morgan fingerprint density at radius 3 is 2.79 bits per heavy atom. The fraction of sp³-hybridized carbons (Fsp3) is 0.571. The standard InChI is InChI=1S/C14H20BrNO3/c1-19-14-6-9(10(15)7-13(14)18)8-16-11-4-2-3-5-12(11)17/h6-7,11-12,16-18H,2-5,8H2,1H3. The molecule has 0 radical (unpaired) electrons. The molecule has 2 atom stereocenters. The van der Waals surface area contributed by atoms with E-state index in [2.05, 4.69) is 21.2 Å². The van der Waals surface area contributed by atoms with Crippen LogP contribution in [-0.4, -0.2) is 29.5 Å². The number of rotatable bonds is 4. The zero-order valence-electron chi connectivity index (χ0n) is 11.0. The van der Waals surface area contributed by atoms with Gasteiger partial charge in [0.25, 0.3) is 0 Å². The molecule has 1 aromatic rings. The number of hydrogen-bond donors (Lipinski definition) is 3. The minimum atomic E-state index is -0.258. The monoisotopic (exact) mass is 329 g/mol. The van der Waals surface area contributed by atoms with Crippen LogP contribution in [0.4, 0.5) is 0 Å². The molecular weight excluding hydrogens is 310 g/mol. The average Bonchev–Trinajstić information content (AvgIpc) is 2.39. The van der Waals surface area contributed by atoms with Crippen molar-refractivity contribution >= 4 is 15.9 Å². The molecule has 0 amide bonds. The third kappa shape index (κ3) is 3.61. The van der Waals surface area contributed by atoms with Crippen molar-refractivity contribution in [3.8, 4) is 11.5 Å². The summed E-state index contributed by atoms with van der Waals surface area (Å²) in [4.78, 5) is 0. The molecule has 4 nitrogen and oxygen atoms in total. The van der Waals surface area contributed by atoms with E-state index in [-0.39, 0.29) is 17.9 Å². The molecule has 0 bridgehead atoms. The molecule has 3 N–H and O–H groups in total. The number of phenolic OH excluding ortho intramolecular Hbond substituents is 1. The molecule has 5 heteroatoms. The third-order valence-corrected chi connectivity index (χ3v) is 4.37. The third-order valence-electron chi connectivity index (χ3n) is 3.63. The van der Waals surface area contributed by atoms with Crippen molar-refractivity contribution in [2.24, 2.45) is 0 Å². The highest BCUT2D eigenvalue weighted by atomic mass is 79.9. The summed E-state index contributed by atoms with van der Waals surface area (Å²) in [6.45, 7) is 0.638. The second-order valence-electron chi connectivity index (χ2n) is 4.95. The largest absolute Gasteiger partial charge is 0.504 e. The Morgan fingerprint density at radius 1 is 1.37 bits per heavy atom. The molecule has 0 aromatic heterocycles. The molecular formula is C14H20BrNO3. The zero-order chi connectivity index (χ0) is 13.8. The van der Waals surface area contributed by atoms with Crippen molar-refractivity contribution < 1.29 is 14.9 Å². The van der Waals surface area contributed by atoms with Gasteiger partial charge in [-0.25, -0.2) is 0 Å². The maximum atomic E-state index is 9.92. The van der Waals surface area contributed by atoms with Gasteiger partial charge >= 0.3 is 0 Å². The molecule has 2 unspecified atom stereocenters. The van der Waals surface area contributed by atoms with Crippen LogP contribution in [0.5, 0.6) is 11.5 Å². The van der Waals surface area contributed by atoms with Gasteiger partial charge < -0.3 is 20.3 Å². The van der Waals surface area contributed by atoms with Crippen molar-refractivity contribution in [2.45, 2.75) is 44.4 Å². The predicted octanol–water partition coefficient (Wildman–Crippen LogP) is 2.56. The minimum Gasteiger partial charge on any atom is -0.504 e. The van der Waals surface area contributed by atoms with Gasteiger partial charge in [0.2, 0.25) is 0 Å². The Morgan fingerprint density at radius 2 is 2.11 bits per heavy atom. The van der Waals surface area contributed by atoms with Crippen LogP contribution >= 0.6 is 15.9 Å². The Balaban J connectivity index is 2.02. The van der Waals surface area contributed by atoms with E-state index in [9.17, 15) is 10.2 Å². The lowest BCUT2D eigenvalue weighted by Crippen LogP contribution is -2.41. The first-order valence-electron chi connectivity index (χ1n) is 6.58. The lowest BCUT2D eigenvalue weighted by Gasteiger charge is -2.28. The van der Waals surface area contributed by atoms with Gasteiger partial charge in [-0.3, -0.25) is 0 Å². The number of hydrogen-bond acceptors (Lipinski definition) is 4. The lowest BCUT2D eigenvalue weighted by molar-refractivity contribution is 0.0902. The Kier molecular flexibility index (Phi) is 5.07. The summed E-state index contributed by atoms with van der Waals surface area (Å²) in [5, 5.41) is 23.0. The Bertz CT molecular complexity index is 439. The van der Waals surface area contributed by atoms with Crippen LogP contribution in [0.15, 0.2) is 16.6 Å². The van der Waals surface area contributed by atoms with Gasteiger partial charge in [0, 0.05) is 17.1 Å². The molecule has 1 aliphatic carbocycles. The van der Waals surface area contributed by atoms with Crippen molar-refractivity contribution in [1.29, 1.82) is 0 Å². The zero-order valence-corrected chi connectivity index (χ0v) is 12.6. The molecule has 19 heavy (non-hydrogen) atoms. The number of phenols is 1. The maximum Gasteiger partial charge on any atom is 0.160 e. The van der Waals surface area contributed by atoms with Crippen LogP contribution in [0, 0.1) is 0 Å². The summed E-state index contributed by atoms with van der Waals surface area (Å²) in [6, 6.07) is 3.59. The van der Waals surface area contributed by atoms with Gasteiger partial charge in [0.15, 0.2) is 11.5 Å². The smallest absolute Gasteiger partial charge is 0.160 e. The van der Waals surface area contributed by atoms with Gasteiger partial charge in [-0.15, -0.1) is 0 Å². The van der Waals surface area contributed by atoms with E-state index < -0.39 is 0 Å². The fourth-order valence-electron chi connectivity index (χ4n) is 2.47. The SMILES string of the molecule is COc1cc(CNC2CCCCC2O)c(Br)cc1O. The molecule has 1 aromatic carbocycles. The summed E-state index contributed by atoms with van der Waals surface area (Å²) in [5.74, 6) is 0.583. The van der Waals surface area contributed by atoms with E-state index in [1.54, 1.807) is 6.07 Å². The number of aromatic hydroxyl groups is 1. The van der Waals surface area contributed by atoms with E-state index in [1.807, 2.05) is 6.07 Å². The molecule has 0 aliphatic heterocycles. The highest BCUT2D eigenvalue weighted by Gasteiger charge is 2.22. The van der Waals surface area contributed by atoms with Gasteiger partial charge in [-0.1, -0.05) is 28.8 Å². The summed E-state index contributed by atoms with van der Waals surface area (Å²) in [5.41, 5.74) is 1.01. The Labute approximate surface area is 121 Å². The van der Waals surface area contributed by atoms with Crippen LogP contribution in [-0.2, 0) is 6.54 Å². The normalized spacial score (nSPS) is 23.3. The van der Waals surface area contributed by atoms with Crippen LogP contribution < -0.4 is 10.1 Å². The number of methoxy groups -OCH3 is 1. The highest BCUT2D eigenvalue weighted by Crippen LogP contribution is 2.32. The van der Waals surface area contributed by atoms with Crippen molar-refractivity contribution in [1.82, 2.24) is 5.32 Å². The minimum absolute atomic E-state index is 0.121. The molecule has 0 spiro atoms. The van der Waals surface area contributed by atoms with E-state index in [4.69, 9.17) is 4.74 Å². The van der Waals surface area contributed by atoms with Crippen LogP contribution in [0.3, 0.4) is 0 Å². The van der Waals surface area contributed by atoms with Crippen LogP contribution in [0.1, 0.15) is 31.2 Å². The van der Waals surface area contributed by atoms with Crippen LogP contribution in [0.2, 0.25) is 0 Å².